The van der Waals surface area contributed by atoms with Crippen molar-refractivity contribution in [2.24, 2.45) is 0 Å². The predicted molar refractivity (Wildman–Crippen MR) is 115 cm³/mol. The average molecular weight is 399 g/mol. The second-order valence-electron chi connectivity index (χ2n) is 6.92. The topological polar surface area (TPSA) is 76.7 Å². The number of ether oxygens (including phenoxy) is 2. The van der Waals surface area contributed by atoms with Gasteiger partial charge in [-0.1, -0.05) is 31.2 Å². The minimum atomic E-state index is -0.659. The summed E-state index contributed by atoms with van der Waals surface area (Å²) < 4.78 is 11.0. The number of rotatable bonds is 10. The van der Waals surface area contributed by atoms with Gasteiger partial charge in [0.2, 0.25) is 0 Å². The Morgan fingerprint density at radius 3 is 2.59 bits per heavy atom. The first-order chi connectivity index (χ1) is 14.0. The van der Waals surface area contributed by atoms with Gasteiger partial charge in [-0.2, -0.15) is 0 Å². The van der Waals surface area contributed by atoms with Gasteiger partial charge in [-0.05, 0) is 56.0 Å². The molecule has 0 radical (unpaired) electrons. The number of hydrogen-bond acceptors (Lipinski definition) is 4. The number of para-hydroxylation sites is 1. The van der Waals surface area contributed by atoms with Gasteiger partial charge < -0.3 is 20.1 Å². The van der Waals surface area contributed by atoms with E-state index in [0.29, 0.717) is 36.6 Å². The third-order valence-electron chi connectivity index (χ3n) is 4.52. The molecule has 0 saturated heterocycles. The molecule has 0 heterocycles. The number of carbonyl (C=O) groups is 2. The summed E-state index contributed by atoms with van der Waals surface area (Å²) in [6.45, 7) is 6.90. The van der Waals surface area contributed by atoms with E-state index < -0.39 is 6.10 Å². The van der Waals surface area contributed by atoms with E-state index in [1.807, 2.05) is 39.0 Å². The molecule has 0 aliphatic heterocycles. The van der Waals surface area contributed by atoms with Crippen LogP contribution < -0.4 is 15.4 Å². The highest BCUT2D eigenvalue weighted by atomic mass is 16.5. The second-order valence-corrected chi connectivity index (χ2v) is 6.92. The zero-order valence-corrected chi connectivity index (χ0v) is 17.6. The van der Waals surface area contributed by atoms with E-state index in [0.717, 1.165) is 17.5 Å². The number of nitrogens with one attached hydrogen (secondary N) is 2. The van der Waals surface area contributed by atoms with Crippen molar-refractivity contribution < 1.29 is 19.1 Å². The van der Waals surface area contributed by atoms with Gasteiger partial charge in [0, 0.05) is 20.3 Å². The van der Waals surface area contributed by atoms with Crippen LogP contribution in [0.2, 0.25) is 0 Å². The Morgan fingerprint density at radius 2 is 1.86 bits per heavy atom. The first kappa shape index (κ1) is 22.4. The molecule has 2 aromatic rings. The van der Waals surface area contributed by atoms with Gasteiger partial charge >= 0.3 is 0 Å². The quantitative estimate of drug-likeness (QED) is 0.596. The van der Waals surface area contributed by atoms with E-state index in [1.54, 1.807) is 31.4 Å². The van der Waals surface area contributed by atoms with Gasteiger partial charge in [0.25, 0.3) is 11.8 Å². The van der Waals surface area contributed by atoms with Crippen LogP contribution in [0.3, 0.4) is 0 Å². The van der Waals surface area contributed by atoms with E-state index in [2.05, 4.69) is 10.6 Å². The Balaban J connectivity index is 2.08. The van der Waals surface area contributed by atoms with Crippen molar-refractivity contribution in [1.29, 1.82) is 0 Å². The summed E-state index contributed by atoms with van der Waals surface area (Å²) >= 11 is 0. The molecule has 1 atom stereocenters. The average Bonchev–Trinajstić information content (AvgIpc) is 2.72. The lowest BCUT2D eigenvalue weighted by atomic mass is 10.1. The molecule has 6 heteroatoms. The van der Waals surface area contributed by atoms with E-state index in [9.17, 15) is 9.59 Å². The fourth-order valence-electron chi connectivity index (χ4n) is 2.83. The Hall–Kier alpha value is -2.86. The monoisotopic (exact) mass is 398 g/mol. The smallest absolute Gasteiger partial charge is 0.265 e. The highest BCUT2D eigenvalue weighted by Gasteiger charge is 2.21. The van der Waals surface area contributed by atoms with E-state index in [-0.39, 0.29) is 11.8 Å². The highest BCUT2D eigenvalue weighted by molar-refractivity contribution is 6.04. The third-order valence-corrected chi connectivity index (χ3v) is 4.52. The van der Waals surface area contributed by atoms with Crippen LogP contribution in [0.5, 0.6) is 5.75 Å². The van der Waals surface area contributed by atoms with Gasteiger partial charge in [0.1, 0.15) is 5.75 Å². The molecule has 0 aromatic heterocycles. The lowest BCUT2D eigenvalue weighted by Crippen LogP contribution is -2.34. The number of carbonyl (C=O) groups excluding carboxylic acids is 2. The molecule has 0 aliphatic rings. The molecule has 0 bridgehead atoms. The molecule has 2 aromatic carbocycles. The van der Waals surface area contributed by atoms with Crippen molar-refractivity contribution in [3.8, 4) is 5.75 Å². The zero-order valence-electron chi connectivity index (χ0n) is 17.6. The van der Waals surface area contributed by atoms with Gasteiger partial charge in [-0.3, -0.25) is 9.59 Å². The molecule has 29 heavy (non-hydrogen) atoms. The summed E-state index contributed by atoms with van der Waals surface area (Å²) in [5, 5.41) is 5.69. The number of hydrogen-bond donors (Lipinski definition) is 2. The summed E-state index contributed by atoms with van der Waals surface area (Å²) in [7, 11) is 1.62. The van der Waals surface area contributed by atoms with Crippen molar-refractivity contribution in [3.63, 3.8) is 0 Å². The fraction of sp³-hybridized carbons (Fsp3) is 0.391. The Morgan fingerprint density at radius 1 is 1.10 bits per heavy atom. The van der Waals surface area contributed by atoms with Crippen LogP contribution in [-0.4, -0.2) is 38.2 Å². The van der Waals surface area contributed by atoms with Gasteiger partial charge in [0.05, 0.1) is 11.3 Å². The van der Waals surface area contributed by atoms with Gasteiger partial charge in [-0.25, -0.2) is 0 Å². The number of aryl methyl sites for hydroxylation is 2. The molecule has 0 spiro atoms. The lowest BCUT2D eigenvalue weighted by molar-refractivity contribution is -0.122. The zero-order chi connectivity index (χ0) is 21.2. The van der Waals surface area contributed by atoms with Crippen LogP contribution in [0.15, 0.2) is 42.5 Å². The second kappa shape index (κ2) is 11.2. The number of amides is 2. The van der Waals surface area contributed by atoms with Crippen LogP contribution in [0, 0.1) is 13.8 Å². The molecule has 0 saturated carbocycles. The number of anilines is 1. The predicted octanol–water partition coefficient (Wildman–Crippen LogP) is 3.87. The van der Waals surface area contributed by atoms with E-state index in [4.69, 9.17) is 9.47 Å². The Bertz CT molecular complexity index is 835. The highest BCUT2D eigenvalue weighted by Crippen LogP contribution is 2.22. The number of methoxy groups -OCH3 is 1. The molecular formula is C23H30N2O4. The molecule has 0 fully saturated rings. The molecule has 6 nitrogen and oxygen atoms in total. The summed E-state index contributed by atoms with van der Waals surface area (Å²) in [4.78, 5) is 25.3. The van der Waals surface area contributed by atoms with E-state index >= 15 is 0 Å². The van der Waals surface area contributed by atoms with Crippen LogP contribution in [0.1, 0.15) is 41.3 Å². The maximum Gasteiger partial charge on any atom is 0.265 e. The molecule has 2 rings (SSSR count). The van der Waals surface area contributed by atoms with Crippen molar-refractivity contribution in [2.75, 3.05) is 25.6 Å². The summed E-state index contributed by atoms with van der Waals surface area (Å²) in [6.07, 6.45) is 0.566. The van der Waals surface area contributed by atoms with Crippen molar-refractivity contribution >= 4 is 17.5 Å². The van der Waals surface area contributed by atoms with Gasteiger partial charge in [-0.15, -0.1) is 0 Å². The van der Waals surface area contributed by atoms with Crippen LogP contribution in [-0.2, 0) is 9.53 Å². The van der Waals surface area contributed by atoms with Crippen LogP contribution >= 0.6 is 0 Å². The Kier molecular flexibility index (Phi) is 8.68. The third kappa shape index (κ3) is 6.61. The van der Waals surface area contributed by atoms with Crippen LogP contribution in [0.25, 0.3) is 0 Å². The number of benzene rings is 2. The maximum absolute atomic E-state index is 12.8. The summed E-state index contributed by atoms with van der Waals surface area (Å²) in [5.41, 5.74) is 2.92. The van der Waals surface area contributed by atoms with Gasteiger partial charge in [0.15, 0.2) is 6.10 Å². The standard InChI is InChI=1S/C23H30N2O4/c1-5-20(29-21-15-16(2)11-12-17(21)3)23(27)25-19-10-7-6-9-18(19)22(26)24-13-8-14-28-4/h6-7,9-12,15,20H,5,8,13-14H2,1-4H3,(H,24,26)(H,25,27)/t20-/m0/s1. The van der Waals surface area contributed by atoms with E-state index in [1.165, 1.54) is 0 Å². The maximum atomic E-state index is 12.8. The molecule has 2 N–H and O–H groups in total. The molecule has 0 aliphatic carbocycles. The van der Waals surface area contributed by atoms with Crippen molar-refractivity contribution in [3.05, 3.63) is 59.2 Å². The molecule has 156 valence electrons. The SMILES string of the molecule is CC[C@H](Oc1cc(C)ccc1C)C(=O)Nc1ccccc1C(=O)NCCCOC. The summed E-state index contributed by atoms with van der Waals surface area (Å²) in [6, 6.07) is 12.9. The molecule has 2 amide bonds. The molecule has 0 unspecified atom stereocenters. The lowest BCUT2D eigenvalue weighted by Gasteiger charge is -2.20. The minimum Gasteiger partial charge on any atom is -0.480 e. The normalized spacial score (nSPS) is 11.6. The molecular weight excluding hydrogens is 368 g/mol. The minimum absolute atomic E-state index is 0.236. The van der Waals surface area contributed by atoms with Crippen LogP contribution in [0.4, 0.5) is 5.69 Å². The fourth-order valence-corrected chi connectivity index (χ4v) is 2.83. The van der Waals surface area contributed by atoms with Crippen molar-refractivity contribution in [1.82, 2.24) is 5.32 Å². The van der Waals surface area contributed by atoms with Crippen molar-refractivity contribution in [2.45, 2.75) is 39.7 Å². The summed E-state index contributed by atoms with van der Waals surface area (Å²) in [5.74, 6) is 0.171. The largest absolute Gasteiger partial charge is 0.480 e. The first-order valence-electron chi connectivity index (χ1n) is 9.87. The Labute approximate surface area is 172 Å². The first-order valence-corrected chi connectivity index (χ1v) is 9.87.